The average Bonchev–Trinajstić information content (AvgIpc) is 2.19. The van der Waals surface area contributed by atoms with Crippen molar-refractivity contribution in [3.05, 3.63) is 29.8 Å². The van der Waals surface area contributed by atoms with Crippen LogP contribution in [0.15, 0.2) is 24.3 Å². The fourth-order valence-corrected chi connectivity index (χ4v) is 1.22. The summed E-state index contributed by atoms with van der Waals surface area (Å²) in [6.45, 7) is 2.71. The molecule has 74 valence electrons. The number of nitriles is 1. The van der Waals surface area contributed by atoms with Gasteiger partial charge in [-0.15, -0.1) is 0 Å². The quantitative estimate of drug-likeness (QED) is 0.789. The fraction of sp³-hybridized carbons (Fsp3) is 0.364. The van der Waals surface area contributed by atoms with Gasteiger partial charge in [0.1, 0.15) is 0 Å². The summed E-state index contributed by atoms with van der Waals surface area (Å²) in [7, 11) is 1.68. The maximum Gasteiger partial charge on any atom is 0.0991 e. The minimum absolute atomic E-state index is 0.271. The molecule has 0 bridgehead atoms. The number of anilines is 1. The Bertz CT molecular complexity index is 313. The Kier molecular flexibility index (Phi) is 3.96. The van der Waals surface area contributed by atoms with Crippen molar-refractivity contribution in [3.63, 3.8) is 0 Å². The lowest BCUT2D eigenvalue weighted by Crippen LogP contribution is -2.20. The second-order valence-corrected chi connectivity index (χ2v) is 3.19. The SMILES string of the molecule is COC[C@@H](C)Nc1ccc(C#N)cc1. The van der Waals surface area contributed by atoms with Gasteiger partial charge in [0.2, 0.25) is 0 Å². The lowest BCUT2D eigenvalue weighted by molar-refractivity contribution is 0.190. The van der Waals surface area contributed by atoms with Gasteiger partial charge in [0.05, 0.1) is 18.2 Å². The molecule has 1 aromatic rings. The number of rotatable bonds is 4. The zero-order valence-corrected chi connectivity index (χ0v) is 8.45. The highest BCUT2D eigenvalue weighted by Gasteiger charge is 2.00. The summed E-state index contributed by atoms with van der Waals surface area (Å²) < 4.78 is 5.01. The highest BCUT2D eigenvalue weighted by molar-refractivity contribution is 5.47. The van der Waals surface area contributed by atoms with Crippen molar-refractivity contribution in [2.45, 2.75) is 13.0 Å². The third-order valence-electron chi connectivity index (χ3n) is 1.84. The first-order chi connectivity index (χ1) is 6.76. The van der Waals surface area contributed by atoms with Gasteiger partial charge < -0.3 is 10.1 Å². The summed E-state index contributed by atoms with van der Waals surface area (Å²) >= 11 is 0. The van der Waals surface area contributed by atoms with Crippen LogP contribution in [-0.2, 0) is 4.74 Å². The van der Waals surface area contributed by atoms with Crippen LogP contribution in [-0.4, -0.2) is 19.8 Å². The summed E-state index contributed by atoms with van der Waals surface area (Å²) in [5.41, 5.74) is 1.68. The van der Waals surface area contributed by atoms with Gasteiger partial charge in [0.25, 0.3) is 0 Å². The molecule has 0 aliphatic rings. The maximum atomic E-state index is 8.60. The first kappa shape index (κ1) is 10.6. The molecular weight excluding hydrogens is 176 g/mol. The molecule has 14 heavy (non-hydrogen) atoms. The Labute approximate surface area is 84.3 Å². The first-order valence-electron chi connectivity index (χ1n) is 4.52. The Morgan fingerprint density at radius 3 is 2.57 bits per heavy atom. The molecule has 0 fully saturated rings. The molecule has 0 radical (unpaired) electrons. The summed E-state index contributed by atoms with van der Waals surface area (Å²) in [6.07, 6.45) is 0. The molecule has 0 aliphatic carbocycles. The average molecular weight is 190 g/mol. The Morgan fingerprint density at radius 2 is 2.07 bits per heavy atom. The maximum absolute atomic E-state index is 8.60. The number of nitrogens with one attached hydrogen (secondary N) is 1. The van der Waals surface area contributed by atoms with Crippen molar-refractivity contribution in [2.75, 3.05) is 19.0 Å². The molecule has 1 N–H and O–H groups in total. The lowest BCUT2D eigenvalue weighted by Gasteiger charge is -2.13. The number of hydrogen-bond acceptors (Lipinski definition) is 3. The van der Waals surface area contributed by atoms with Gasteiger partial charge in [-0.1, -0.05) is 0 Å². The zero-order chi connectivity index (χ0) is 10.4. The van der Waals surface area contributed by atoms with E-state index in [1.54, 1.807) is 19.2 Å². The molecule has 0 saturated heterocycles. The summed E-state index contributed by atoms with van der Waals surface area (Å²) in [4.78, 5) is 0. The van der Waals surface area contributed by atoms with Crippen LogP contribution in [0.1, 0.15) is 12.5 Å². The van der Waals surface area contributed by atoms with Gasteiger partial charge in [-0.2, -0.15) is 5.26 Å². The van der Waals surface area contributed by atoms with Crippen LogP contribution in [0.2, 0.25) is 0 Å². The van der Waals surface area contributed by atoms with E-state index in [0.29, 0.717) is 12.2 Å². The number of benzene rings is 1. The number of methoxy groups -OCH3 is 1. The van der Waals surface area contributed by atoms with Crippen LogP contribution < -0.4 is 5.32 Å². The Hall–Kier alpha value is -1.53. The Balaban J connectivity index is 2.56. The van der Waals surface area contributed by atoms with Crippen LogP contribution in [0.25, 0.3) is 0 Å². The molecule has 1 rings (SSSR count). The molecule has 3 nitrogen and oxygen atoms in total. The number of hydrogen-bond donors (Lipinski definition) is 1. The number of nitrogens with zero attached hydrogens (tertiary/aromatic N) is 1. The van der Waals surface area contributed by atoms with Gasteiger partial charge >= 0.3 is 0 Å². The van der Waals surface area contributed by atoms with Gasteiger partial charge in [0, 0.05) is 18.8 Å². The largest absolute Gasteiger partial charge is 0.383 e. The van der Waals surface area contributed by atoms with Gasteiger partial charge in [-0.05, 0) is 31.2 Å². The van der Waals surface area contributed by atoms with E-state index < -0.39 is 0 Å². The molecule has 0 unspecified atom stereocenters. The van der Waals surface area contributed by atoms with Crippen LogP contribution in [0.4, 0.5) is 5.69 Å². The predicted molar refractivity (Wildman–Crippen MR) is 56.1 cm³/mol. The number of ether oxygens (including phenoxy) is 1. The van der Waals surface area contributed by atoms with Crippen molar-refractivity contribution in [1.82, 2.24) is 0 Å². The summed E-state index contributed by atoms with van der Waals surface area (Å²) in [5.74, 6) is 0. The van der Waals surface area contributed by atoms with E-state index in [2.05, 4.69) is 11.4 Å². The molecule has 0 amide bonds. The standard InChI is InChI=1S/C11H14N2O/c1-9(8-14-2)13-11-5-3-10(7-12)4-6-11/h3-6,9,13H,8H2,1-2H3/t9-/m1/s1. The molecule has 0 saturated carbocycles. The van der Waals surface area contributed by atoms with E-state index in [4.69, 9.17) is 10.00 Å². The van der Waals surface area contributed by atoms with Crippen LogP contribution >= 0.6 is 0 Å². The van der Waals surface area contributed by atoms with E-state index in [1.165, 1.54) is 0 Å². The normalized spacial score (nSPS) is 11.8. The van der Waals surface area contributed by atoms with E-state index >= 15 is 0 Å². The molecule has 3 heteroatoms. The Morgan fingerprint density at radius 1 is 1.43 bits per heavy atom. The third kappa shape index (κ3) is 3.08. The second-order valence-electron chi connectivity index (χ2n) is 3.19. The molecule has 0 heterocycles. The second kappa shape index (κ2) is 5.25. The van der Waals surface area contributed by atoms with Gasteiger partial charge in [-0.25, -0.2) is 0 Å². The zero-order valence-electron chi connectivity index (χ0n) is 8.45. The molecule has 0 aliphatic heterocycles. The minimum atomic E-state index is 0.271. The molecular formula is C11H14N2O. The minimum Gasteiger partial charge on any atom is -0.383 e. The third-order valence-corrected chi connectivity index (χ3v) is 1.84. The molecule has 0 spiro atoms. The van der Waals surface area contributed by atoms with Crippen molar-refractivity contribution in [1.29, 1.82) is 5.26 Å². The monoisotopic (exact) mass is 190 g/mol. The lowest BCUT2D eigenvalue weighted by atomic mass is 10.2. The van der Waals surface area contributed by atoms with Crippen LogP contribution in [0.5, 0.6) is 0 Å². The first-order valence-corrected chi connectivity index (χ1v) is 4.52. The summed E-state index contributed by atoms with van der Waals surface area (Å²) in [5, 5.41) is 11.9. The van der Waals surface area contributed by atoms with E-state index in [9.17, 15) is 0 Å². The van der Waals surface area contributed by atoms with E-state index in [-0.39, 0.29) is 6.04 Å². The van der Waals surface area contributed by atoms with E-state index in [1.807, 2.05) is 19.1 Å². The van der Waals surface area contributed by atoms with Crippen molar-refractivity contribution in [3.8, 4) is 6.07 Å². The molecule has 1 atom stereocenters. The van der Waals surface area contributed by atoms with Gasteiger partial charge in [-0.3, -0.25) is 0 Å². The van der Waals surface area contributed by atoms with Crippen molar-refractivity contribution in [2.24, 2.45) is 0 Å². The van der Waals surface area contributed by atoms with Crippen LogP contribution in [0.3, 0.4) is 0 Å². The van der Waals surface area contributed by atoms with E-state index in [0.717, 1.165) is 5.69 Å². The summed E-state index contributed by atoms with van der Waals surface area (Å²) in [6, 6.07) is 9.73. The molecule has 1 aromatic carbocycles. The highest BCUT2D eigenvalue weighted by atomic mass is 16.5. The molecule has 0 aromatic heterocycles. The topological polar surface area (TPSA) is 45.0 Å². The van der Waals surface area contributed by atoms with Crippen molar-refractivity contribution < 1.29 is 4.74 Å². The highest BCUT2D eigenvalue weighted by Crippen LogP contribution is 2.09. The van der Waals surface area contributed by atoms with Crippen LogP contribution in [0, 0.1) is 11.3 Å². The predicted octanol–water partition coefficient (Wildman–Crippen LogP) is 2.01. The fourth-order valence-electron chi connectivity index (χ4n) is 1.22. The van der Waals surface area contributed by atoms with Gasteiger partial charge in [0.15, 0.2) is 0 Å². The smallest absolute Gasteiger partial charge is 0.0991 e. The van der Waals surface area contributed by atoms with Crippen molar-refractivity contribution >= 4 is 5.69 Å².